The fourth-order valence-corrected chi connectivity index (χ4v) is 5.31. The van der Waals surface area contributed by atoms with Crippen LogP contribution in [0.4, 0.5) is 0 Å². The normalized spacial score (nSPS) is 25.3. The number of carbonyl (C=O) groups excluding carboxylic acids is 2. The minimum atomic E-state index is -1.45. The SMILES string of the molecule is CN.CNC(C)=O.COC(C)=O.OCC1OC(Oc2ccc(-c3ccccc3)cc2)C(O)C(O)C1O.OCC1OC(Oc2ccc(-c3ccccc3)cc2)C(O)C(O)C1O. The summed E-state index contributed by atoms with van der Waals surface area (Å²) in [6, 6.07) is 34.1. The molecule has 0 radical (unpaired) electrons. The number of carbonyl (C=O) groups is 2. The predicted octanol–water partition coefficient (Wildman–Crippen LogP) is 0.571. The van der Waals surface area contributed by atoms with Gasteiger partial charge in [-0.05, 0) is 53.6 Å². The number of benzene rings is 4. The van der Waals surface area contributed by atoms with Gasteiger partial charge in [-0.15, -0.1) is 0 Å². The lowest BCUT2D eigenvalue weighted by molar-refractivity contribution is -0.277. The molecule has 4 aromatic carbocycles. The molecule has 60 heavy (non-hydrogen) atoms. The highest BCUT2D eigenvalue weighted by Gasteiger charge is 2.45. The van der Waals surface area contributed by atoms with Crippen LogP contribution in [0.2, 0.25) is 0 Å². The average molecular weight is 843 g/mol. The molecule has 0 spiro atoms. The van der Waals surface area contributed by atoms with Crippen molar-refractivity contribution in [2.45, 2.75) is 75.3 Å². The van der Waals surface area contributed by atoms with Crippen LogP contribution in [-0.2, 0) is 23.8 Å². The van der Waals surface area contributed by atoms with Crippen molar-refractivity contribution in [3.05, 3.63) is 109 Å². The van der Waals surface area contributed by atoms with E-state index in [0.717, 1.165) is 22.3 Å². The number of amides is 1. The zero-order chi connectivity index (χ0) is 44.8. The monoisotopic (exact) mass is 842 g/mol. The summed E-state index contributed by atoms with van der Waals surface area (Å²) in [7, 11) is 4.45. The summed E-state index contributed by atoms with van der Waals surface area (Å²) in [6.45, 7) is 1.86. The van der Waals surface area contributed by atoms with E-state index >= 15 is 0 Å². The summed E-state index contributed by atoms with van der Waals surface area (Å²) in [5.41, 5.74) is 8.65. The number of hydrogen-bond acceptors (Lipinski definition) is 16. The predicted molar refractivity (Wildman–Crippen MR) is 220 cm³/mol. The van der Waals surface area contributed by atoms with Crippen molar-refractivity contribution in [3.63, 3.8) is 0 Å². The van der Waals surface area contributed by atoms with Crippen molar-refractivity contribution in [2.24, 2.45) is 5.73 Å². The Morgan fingerprint density at radius 3 is 1.08 bits per heavy atom. The van der Waals surface area contributed by atoms with Gasteiger partial charge >= 0.3 is 5.97 Å². The molecular formula is C43H58N2O15. The van der Waals surface area contributed by atoms with Gasteiger partial charge in [-0.1, -0.05) is 84.9 Å². The third-order valence-electron chi connectivity index (χ3n) is 8.76. The standard InChI is InChI=1S/2C18H20O6.C3H7NO.C3H6O2.CH5N/c2*19-10-14-15(20)16(21)17(22)18(24-14)23-13-8-6-12(7-9-13)11-4-2-1-3-5-11;1-3(5)4-2;1-3(4)5-2;1-2/h2*1-9,14-22H,10H2;1-2H3,(H,4,5);1-2H3;2H2,1H3. The minimum Gasteiger partial charge on any atom is -0.469 e. The molecule has 2 saturated heterocycles. The fraction of sp³-hybridized carbons (Fsp3) is 0.395. The Labute approximate surface area is 349 Å². The minimum absolute atomic E-state index is 0.00463. The molecule has 6 rings (SSSR count). The summed E-state index contributed by atoms with van der Waals surface area (Å²) in [6.07, 6.45) is -12.9. The second kappa shape index (κ2) is 27.0. The molecule has 0 aliphatic carbocycles. The molecule has 0 bridgehead atoms. The van der Waals surface area contributed by atoms with Crippen LogP contribution in [0.5, 0.6) is 11.5 Å². The maximum absolute atomic E-state index is 9.97. The number of hydrogen-bond donors (Lipinski definition) is 10. The zero-order valence-electron chi connectivity index (χ0n) is 34.1. The Morgan fingerprint density at radius 1 is 0.550 bits per heavy atom. The smallest absolute Gasteiger partial charge is 0.302 e. The molecule has 17 heteroatoms. The van der Waals surface area contributed by atoms with Gasteiger partial charge in [-0.2, -0.15) is 0 Å². The van der Waals surface area contributed by atoms with Crippen LogP contribution < -0.4 is 20.5 Å². The van der Waals surface area contributed by atoms with Crippen LogP contribution in [0.1, 0.15) is 13.8 Å². The number of rotatable bonds is 8. The van der Waals surface area contributed by atoms with Crippen molar-refractivity contribution >= 4 is 11.9 Å². The molecule has 2 aliphatic rings. The fourth-order valence-electron chi connectivity index (χ4n) is 5.31. The first kappa shape index (κ1) is 51.1. The van der Waals surface area contributed by atoms with Crippen LogP contribution in [0, 0.1) is 0 Å². The second-order valence-corrected chi connectivity index (χ2v) is 12.9. The molecule has 0 aromatic heterocycles. The molecule has 4 aromatic rings. The highest BCUT2D eigenvalue weighted by atomic mass is 16.7. The van der Waals surface area contributed by atoms with E-state index < -0.39 is 74.6 Å². The molecular weight excluding hydrogens is 784 g/mol. The summed E-state index contributed by atoms with van der Waals surface area (Å²) in [5, 5.41) is 79.7. The van der Waals surface area contributed by atoms with Crippen molar-refractivity contribution in [3.8, 4) is 33.8 Å². The van der Waals surface area contributed by atoms with Gasteiger partial charge in [0.2, 0.25) is 18.5 Å². The average Bonchev–Trinajstić information content (AvgIpc) is 3.29. The van der Waals surface area contributed by atoms with E-state index in [1.807, 2.05) is 84.9 Å². The maximum atomic E-state index is 9.97. The number of aliphatic hydroxyl groups excluding tert-OH is 8. The van der Waals surface area contributed by atoms with E-state index in [1.54, 1.807) is 31.3 Å². The molecule has 10 atom stereocenters. The van der Waals surface area contributed by atoms with Crippen LogP contribution >= 0.6 is 0 Å². The summed E-state index contributed by atoms with van der Waals surface area (Å²) >= 11 is 0. The molecule has 10 unspecified atom stereocenters. The lowest BCUT2D eigenvalue weighted by Gasteiger charge is -2.39. The molecule has 1 amide bonds. The van der Waals surface area contributed by atoms with Gasteiger partial charge in [0.1, 0.15) is 60.3 Å². The van der Waals surface area contributed by atoms with Crippen molar-refractivity contribution in [1.82, 2.24) is 5.32 Å². The number of nitrogens with two attached hydrogens (primary N) is 1. The van der Waals surface area contributed by atoms with Gasteiger partial charge in [0.25, 0.3) is 0 Å². The van der Waals surface area contributed by atoms with Crippen LogP contribution in [0.15, 0.2) is 109 Å². The Kier molecular flexibility index (Phi) is 23.0. The summed E-state index contributed by atoms with van der Waals surface area (Å²) in [5.74, 6) is 0.646. The van der Waals surface area contributed by atoms with Crippen molar-refractivity contribution in [1.29, 1.82) is 0 Å². The van der Waals surface area contributed by atoms with Gasteiger partial charge in [-0.25, -0.2) is 0 Å². The Bertz CT molecular complexity index is 1640. The molecule has 330 valence electrons. The number of methoxy groups -OCH3 is 1. The van der Waals surface area contributed by atoms with E-state index in [1.165, 1.54) is 28.0 Å². The number of ether oxygens (including phenoxy) is 5. The first-order valence-electron chi connectivity index (χ1n) is 18.8. The molecule has 17 nitrogen and oxygen atoms in total. The molecule has 2 fully saturated rings. The second-order valence-electron chi connectivity index (χ2n) is 12.9. The quantitative estimate of drug-likeness (QED) is 0.109. The topological polar surface area (TPSA) is 280 Å². The van der Waals surface area contributed by atoms with E-state index in [9.17, 15) is 50.4 Å². The highest BCUT2D eigenvalue weighted by Crippen LogP contribution is 2.28. The first-order valence-corrected chi connectivity index (χ1v) is 18.8. The van der Waals surface area contributed by atoms with Gasteiger partial charge in [0, 0.05) is 20.9 Å². The summed E-state index contributed by atoms with van der Waals surface area (Å²) in [4.78, 5) is 19.3. The number of esters is 1. The number of nitrogens with one attached hydrogen (secondary N) is 1. The number of aliphatic hydroxyl groups is 8. The van der Waals surface area contributed by atoms with Crippen LogP contribution in [0.3, 0.4) is 0 Å². The lowest BCUT2D eigenvalue weighted by atomic mass is 9.99. The Hall–Kier alpha value is -5.02. The van der Waals surface area contributed by atoms with Crippen molar-refractivity contribution < 1.29 is 74.1 Å². The lowest BCUT2D eigenvalue weighted by Crippen LogP contribution is -2.60. The van der Waals surface area contributed by atoms with Gasteiger partial charge < -0.3 is 75.6 Å². The van der Waals surface area contributed by atoms with E-state index in [-0.39, 0.29) is 11.9 Å². The van der Waals surface area contributed by atoms with E-state index in [4.69, 9.17) is 18.9 Å². The Morgan fingerprint density at radius 2 is 0.833 bits per heavy atom. The van der Waals surface area contributed by atoms with Crippen molar-refractivity contribution in [2.75, 3.05) is 34.4 Å². The Balaban J connectivity index is 0.000000327. The van der Waals surface area contributed by atoms with E-state index in [0.29, 0.717) is 11.5 Å². The first-order chi connectivity index (χ1) is 28.7. The van der Waals surface area contributed by atoms with Crippen LogP contribution in [0.25, 0.3) is 22.3 Å². The molecule has 0 saturated carbocycles. The highest BCUT2D eigenvalue weighted by molar-refractivity contribution is 5.72. The summed E-state index contributed by atoms with van der Waals surface area (Å²) < 4.78 is 25.9. The third-order valence-corrected chi connectivity index (χ3v) is 8.76. The van der Waals surface area contributed by atoms with E-state index in [2.05, 4.69) is 15.8 Å². The van der Waals surface area contributed by atoms with Gasteiger partial charge in [-0.3, -0.25) is 9.59 Å². The molecule has 11 N–H and O–H groups in total. The van der Waals surface area contributed by atoms with Gasteiger partial charge in [0.05, 0.1) is 20.3 Å². The molecule has 2 heterocycles. The largest absolute Gasteiger partial charge is 0.469 e. The zero-order valence-corrected chi connectivity index (χ0v) is 34.1. The van der Waals surface area contributed by atoms with Crippen LogP contribution in [-0.4, -0.2) is 149 Å². The van der Waals surface area contributed by atoms with Gasteiger partial charge in [0.15, 0.2) is 0 Å². The maximum Gasteiger partial charge on any atom is 0.302 e. The third kappa shape index (κ3) is 15.9. The molecule has 2 aliphatic heterocycles.